The van der Waals surface area contributed by atoms with Crippen LogP contribution in [0.15, 0.2) is 30.5 Å². The number of anilines is 1. The van der Waals surface area contributed by atoms with Crippen LogP contribution in [0.2, 0.25) is 0 Å². The van der Waals surface area contributed by atoms with Gasteiger partial charge in [-0.2, -0.15) is 0 Å². The SMILES string of the molecule is CCNc1cc(COc2ccc(C)nc2[N+](=O)[O-])ccn1. The van der Waals surface area contributed by atoms with Gasteiger partial charge in [-0.25, -0.2) is 4.98 Å². The Morgan fingerprint density at radius 2 is 2.19 bits per heavy atom. The first-order chi connectivity index (χ1) is 10.1. The summed E-state index contributed by atoms with van der Waals surface area (Å²) in [5, 5.41) is 14.1. The van der Waals surface area contributed by atoms with Gasteiger partial charge in [0.15, 0.2) is 0 Å². The first kappa shape index (κ1) is 14.7. The molecule has 0 spiro atoms. The minimum atomic E-state index is -0.543. The molecule has 2 aromatic rings. The van der Waals surface area contributed by atoms with Crippen LogP contribution < -0.4 is 10.1 Å². The van der Waals surface area contributed by atoms with Gasteiger partial charge in [0.2, 0.25) is 5.75 Å². The number of hydrogen-bond donors (Lipinski definition) is 1. The summed E-state index contributed by atoms with van der Waals surface area (Å²) in [6, 6.07) is 6.89. The summed E-state index contributed by atoms with van der Waals surface area (Å²) in [5.74, 6) is 0.638. The highest BCUT2D eigenvalue weighted by Gasteiger charge is 2.17. The Bertz CT molecular complexity index is 646. The zero-order valence-corrected chi connectivity index (χ0v) is 11.9. The maximum atomic E-state index is 11.0. The third-order valence-corrected chi connectivity index (χ3v) is 2.73. The van der Waals surface area contributed by atoms with Gasteiger partial charge in [0.05, 0.1) is 0 Å². The smallest absolute Gasteiger partial charge is 0.406 e. The zero-order chi connectivity index (χ0) is 15.2. The molecule has 2 aromatic heterocycles. The zero-order valence-electron chi connectivity index (χ0n) is 11.9. The number of nitrogens with one attached hydrogen (secondary N) is 1. The number of hydrogen-bond acceptors (Lipinski definition) is 6. The normalized spacial score (nSPS) is 10.2. The fourth-order valence-electron chi connectivity index (χ4n) is 1.78. The summed E-state index contributed by atoms with van der Waals surface area (Å²) >= 11 is 0. The molecule has 2 rings (SSSR count). The van der Waals surface area contributed by atoms with E-state index in [-0.39, 0.29) is 18.2 Å². The van der Waals surface area contributed by atoms with Gasteiger partial charge in [0.25, 0.3) is 0 Å². The predicted molar refractivity (Wildman–Crippen MR) is 78.4 cm³/mol. The van der Waals surface area contributed by atoms with E-state index in [1.54, 1.807) is 31.3 Å². The second-order valence-corrected chi connectivity index (χ2v) is 4.40. The molecule has 7 nitrogen and oxygen atoms in total. The van der Waals surface area contributed by atoms with E-state index in [9.17, 15) is 10.1 Å². The second kappa shape index (κ2) is 6.65. The van der Waals surface area contributed by atoms with E-state index < -0.39 is 4.92 Å². The summed E-state index contributed by atoms with van der Waals surface area (Å²) in [7, 11) is 0. The van der Waals surface area contributed by atoms with Crippen LogP contribution in [-0.4, -0.2) is 21.4 Å². The Balaban J connectivity index is 2.13. The number of nitrogens with zero attached hydrogens (tertiary/aromatic N) is 3. The molecule has 0 amide bonds. The first-order valence-corrected chi connectivity index (χ1v) is 6.53. The number of pyridine rings is 2. The van der Waals surface area contributed by atoms with Crippen molar-refractivity contribution in [2.75, 3.05) is 11.9 Å². The molecule has 0 radical (unpaired) electrons. The molecule has 0 atom stereocenters. The van der Waals surface area contributed by atoms with Crippen molar-refractivity contribution < 1.29 is 9.66 Å². The summed E-state index contributed by atoms with van der Waals surface area (Å²) in [5.41, 5.74) is 1.45. The Labute approximate surface area is 122 Å². The molecule has 110 valence electrons. The van der Waals surface area contributed by atoms with Crippen molar-refractivity contribution in [3.63, 3.8) is 0 Å². The van der Waals surface area contributed by atoms with Crippen molar-refractivity contribution in [3.05, 3.63) is 51.8 Å². The lowest BCUT2D eigenvalue weighted by molar-refractivity contribution is -0.390. The molecule has 0 saturated heterocycles. The van der Waals surface area contributed by atoms with Crippen molar-refractivity contribution in [3.8, 4) is 5.75 Å². The topological polar surface area (TPSA) is 90.2 Å². The third-order valence-electron chi connectivity index (χ3n) is 2.73. The fraction of sp³-hybridized carbons (Fsp3) is 0.286. The Morgan fingerprint density at radius 3 is 2.90 bits per heavy atom. The number of nitro groups is 1. The van der Waals surface area contributed by atoms with E-state index in [1.807, 2.05) is 13.0 Å². The van der Waals surface area contributed by atoms with Gasteiger partial charge in [0.1, 0.15) is 18.1 Å². The molecule has 0 aliphatic rings. The quantitative estimate of drug-likeness (QED) is 0.649. The molecule has 2 heterocycles. The molecule has 21 heavy (non-hydrogen) atoms. The molecule has 0 aliphatic heterocycles. The molecule has 0 aromatic carbocycles. The minimum Gasteiger partial charge on any atom is -0.481 e. The molecular formula is C14H16N4O3. The lowest BCUT2D eigenvalue weighted by Crippen LogP contribution is -2.03. The highest BCUT2D eigenvalue weighted by Crippen LogP contribution is 2.25. The number of rotatable bonds is 6. The monoisotopic (exact) mass is 288 g/mol. The molecule has 0 bridgehead atoms. The average molecular weight is 288 g/mol. The van der Waals surface area contributed by atoms with E-state index in [0.717, 1.165) is 17.9 Å². The maximum Gasteiger partial charge on any atom is 0.406 e. The van der Waals surface area contributed by atoms with Gasteiger partial charge >= 0.3 is 5.82 Å². The van der Waals surface area contributed by atoms with Crippen LogP contribution >= 0.6 is 0 Å². The van der Waals surface area contributed by atoms with Crippen LogP contribution in [0, 0.1) is 17.0 Å². The standard InChI is InChI=1S/C14H16N4O3/c1-3-15-13-8-11(6-7-16-13)9-21-12-5-4-10(2)17-14(12)18(19)20/h4-8H,3,9H2,1-2H3,(H,15,16). The van der Waals surface area contributed by atoms with Crippen molar-refractivity contribution in [1.82, 2.24) is 9.97 Å². The van der Waals surface area contributed by atoms with E-state index in [2.05, 4.69) is 15.3 Å². The number of aromatic nitrogens is 2. The highest BCUT2D eigenvalue weighted by molar-refractivity contribution is 5.41. The van der Waals surface area contributed by atoms with Crippen LogP contribution in [0.5, 0.6) is 5.75 Å². The summed E-state index contributed by atoms with van der Waals surface area (Å²) in [6.45, 7) is 4.66. The summed E-state index contributed by atoms with van der Waals surface area (Å²) < 4.78 is 5.51. The van der Waals surface area contributed by atoms with Crippen molar-refractivity contribution in [2.45, 2.75) is 20.5 Å². The van der Waals surface area contributed by atoms with E-state index in [1.165, 1.54) is 0 Å². The van der Waals surface area contributed by atoms with Gasteiger partial charge < -0.3 is 20.2 Å². The lowest BCUT2D eigenvalue weighted by atomic mass is 10.2. The second-order valence-electron chi connectivity index (χ2n) is 4.40. The van der Waals surface area contributed by atoms with E-state index >= 15 is 0 Å². The third kappa shape index (κ3) is 3.88. The molecule has 0 saturated carbocycles. The summed E-state index contributed by atoms with van der Waals surface area (Å²) in [4.78, 5) is 18.5. The van der Waals surface area contributed by atoms with Gasteiger partial charge in [-0.3, -0.25) is 0 Å². The number of ether oxygens (including phenoxy) is 1. The molecule has 0 fully saturated rings. The van der Waals surface area contributed by atoms with Crippen LogP contribution in [-0.2, 0) is 6.61 Å². The van der Waals surface area contributed by atoms with Crippen LogP contribution in [0.3, 0.4) is 0 Å². The van der Waals surface area contributed by atoms with Crippen molar-refractivity contribution in [2.24, 2.45) is 0 Å². The largest absolute Gasteiger partial charge is 0.481 e. The maximum absolute atomic E-state index is 11.0. The average Bonchev–Trinajstić information content (AvgIpc) is 2.46. The minimum absolute atomic E-state index is 0.160. The molecule has 0 unspecified atom stereocenters. The Hall–Kier alpha value is -2.70. The summed E-state index contributed by atoms with van der Waals surface area (Å²) in [6.07, 6.45) is 1.67. The van der Waals surface area contributed by atoms with Crippen molar-refractivity contribution >= 4 is 11.6 Å². The molecule has 7 heteroatoms. The van der Waals surface area contributed by atoms with Crippen molar-refractivity contribution in [1.29, 1.82) is 0 Å². The Morgan fingerprint density at radius 1 is 1.38 bits per heavy atom. The van der Waals surface area contributed by atoms with E-state index in [0.29, 0.717) is 5.69 Å². The van der Waals surface area contributed by atoms with Crippen LogP contribution in [0.4, 0.5) is 11.6 Å². The van der Waals surface area contributed by atoms with Gasteiger partial charge in [-0.15, -0.1) is 0 Å². The van der Waals surface area contributed by atoms with Gasteiger partial charge in [0, 0.05) is 19.7 Å². The molecule has 1 N–H and O–H groups in total. The van der Waals surface area contributed by atoms with E-state index in [4.69, 9.17) is 4.74 Å². The predicted octanol–water partition coefficient (Wildman–Crippen LogP) is 2.70. The van der Waals surface area contributed by atoms with Gasteiger partial charge in [-0.05, 0) is 46.7 Å². The molecule has 0 aliphatic carbocycles. The van der Waals surface area contributed by atoms with Crippen LogP contribution in [0.1, 0.15) is 18.2 Å². The Kier molecular flexibility index (Phi) is 4.65. The fourth-order valence-corrected chi connectivity index (χ4v) is 1.78. The van der Waals surface area contributed by atoms with Gasteiger partial charge in [-0.1, -0.05) is 0 Å². The highest BCUT2D eigenvalue weighted by atomic mass is 16.6. The lowest BCUT2D eigenvalue weighted by Gasteiger charge is -2.08. The first-order valence-electron chi connectivity index (χ1n) is 6.53. The molecular weight excluding hydrogens is 272 g/mol. The number of aryl methyl sites for hydroxylation is 1. The van der Waals surface area contributed by atoms with Crippen LogP contribution in [0.25, 0.3) is 0 Å².